The standard InChI is InChI=1S/C19H23N3O3S2/c1-12-7-9-22(10-8-12)19(26)27-11-16(23)25-13(2)17-20-15-6-4-3-5-14(15)18(24)21-17/h3-6,12-13H,7-11H2,1-2H3,(H,20,21,24). The van der Waals surface area contributed by atoms with Crippen LogP contribution in [0.2, 0.25) is 0 Å². The number of fused-ring (bicyclic) bond motifs is 1. The van der Waals surface area contributed by atoms with Gasteiger partial charge in [-0.3, -0.25) is 9.59 Å². The molecule has 1 atom stereocenters. The minimum atomic E-state index is -0.639. The summed E-state index contributed by atoms with van der Waals surface area (Å²) < 4.78 is 6.16. The van der Waals surface area contributed by atoms with E-state index >= 15 is 0 Å². The number of rotatable bonds is 4. The van der Waals surface area contributed by atoms with Crippen LogP contribution in [0.4, 0.5) is 0 Å². The van der Waals surface area contributed by atoms with E-state index in [1.54, 1.807) is 25.1 Å². The summed E-state index contributed by atoms with van der Waals surface area (Å²) in [6.45, 7) is 5.83. The number of para-hydroxylation sites is 1. The summed E-state index contributed by atoms with van der Waals surface area (Å²) in [6.07, 6.45) is 1.62. The number of benzene rings is 1. The lowest BCUT2D eigenvalue weighted by Gasteiger charge is -2.31. The molecule has 2 aromatic rings. The topological polar surface area (TPSA) is 75.3 Å². The molecule has 1 fully saturated rings. The van der Waals surface area contributed by atoms with Crippen molar-refractivity contribution in [1.82, 2.24) is 14.9 Å². The highest BCUT2D eigenvalue weighted by Crippen LogP contribution is 2.21. The average Bonchev–Trinajstić information content (AvgIpc) is 2.66. The summed E-state index contributed by atoms with van der Waals surface area (Å²) >= 11 is 6.75. The molecule has 1 aliphatic rings. The van der Waals surface area contributed by atoms with Crippen LogP contribution in [0.15, 0.2) is 29.1 Å². The maximum absolute atomic E-state index is 12.2. The third kappa shape index (κ3) is 5.07. The Morgan fingerprint density at radius 2 is 2.11 bits per heavy atom. The van der Waals surface area contributed by atoms with Crippen LogP contribution in [0.1, 0.15) is 38.6 Å². The smallest absolute Gasteiger partial charge is 0.317 e. The number of nitrogens with zero attached hydrogens (tertiary/aromatic N) is 2. The lowest BCUT2D eigenvalue weighted by molar-refractivity contribution is -0.145. The first kappa shape index (κ1) is 19.8. The molecule has 27 heavy (non-hydrogen) atoms. The number of carbonyl (C=O) groups excluding carboxylic acids is 1. The van der Waals surface area contributed by atoms with Gasteiger partial charge in [-0.25, -0.2) is 4.98 Å². The molecule has 1 unspecified atom stereocenters. The molecule has 3 rings (SSSR count). The zero-order valence-corrected chi connectivity index (χ0v) is 17.1. The number of hydrogen-bond acceptors (Lipinski definition) is 6. The van der Waals surface area contributed by atoms with E-state index in [1.807, 2.05) is 6.07 Å². The van der Waals surface area contributed by atoms with Crippen LogP contribution in [-0.4, -0.2) is 44.0 Å². The number of aromatic amines is 1. The summed E-state index contributed by atoms with van der Waals surface area (Å²) in [5, 5.41) is 0.511. The Hall–Kier alpha value is -1.93. The van der Waals surface area contributed by atoms with E-state index in [1.165, 1.54) is 11.8 Å². The zero-order chi connectivity index (χ0) is 19.4. The molecule has 144 valence electrons. The first-order valence-electron chi connectivity index (χ1n) is 9.04. The summed E-state index contributed by atoms with van der Waals surface area (Å²) in [4.78, 5) is 33.5. The van der Waals surface area contributed by atoms with E-state index in [0.717, 1.165) is 36.2 Å². The number of ether oxygens (including phenoxy) is 1. The molecule has 0 amide bonds. The molecule has 1 N–H and O–H groups in total. The van der Waals surface area contributed by atoms with Crippen molar-refractivity contribution < 1.29 is 9.53 Å². The van der Waals surface area contributed by atoms with Crippen LogP contribution >= 0.6 is 24.0 Å². The van der Waals surface area contributed by atoms with Gasteiger partial charge in [0.05, 0.1) is 16.7 Å². The van der Waals surface area contributed by atoms with Crippen LogP contribution in [0.3, 0.4) is 0 Å². The van der Waals surface area contributed by atoms with Crippen molar-refractivity contribution in [2.24, 2.45) is 5.92 Å². The van der Waals surface area contributed by atoms with E-state index in [9.17, 15) is 9.59 Å². The first-order chi connectivity index (χ1) is 12.9. The molecule has 1 saturated heterocycles. The maximum atomic E-state index is 12.2. The normalized spacial score (nSPS) is 16.3. The third-order valence-electron chi connectivity index (χ3n) is 4.68. The number of H-pyrrole nitrogens is 1. The van der Waals surface area contributed by atoms with Gasteiger partial charge in [0.1, 0.15) is 4.32 Å². The number of piperidine rings is 1. The molecule has 1 aliphatic heterocycles. The van der Waals surface area contributed by atoms with Gasteiger partial charge in [-0.15, -0.1) is 0 Å². The molecule has 1 aromatic heterocycles. The second-order valence-electron chi connectivity index (χ2n) is 6.82. The van der Waals surface area contributed by atoms with Crippen LogP contribution in [-0.2, 0) is 9.53 Å². The van der Waals surface area contributed by atoms with E-state index in [0.29, 0.717) is 16.7 Å². The molecule has 6 nitrogen and oxygen atoms in total. The van der Waals surface area contributed by atoms with Crippen molar-refractivity contribution in [3.63, 3.8) is 0 Å². The van der Waals surface area contributed by atoms with Crippen molar-refractivity contribution in [1.29, 1.82) is 0 Å². The van der Waals surface area contributed by atoms with E-state index in [2.05, 4.69) is 21.8 Å². The minimum Gasteiger partial charge on any atom is -0.454 e. The lowest BCUT2D eigenvalue weighted by atomic mass is 10.00. The number of likely N-dealkylation sites (tertiary alicyclic amines) is 1. The maximum Gasteiger partial charge on any atom is 0.317 e. The van der Waals surface area contributed by atoms with Crippen molar-refractivity contribution in [3.8, 4) is 0 Å². The highest BCUT2D eigenvalue weighted by atomic mass is 32.2. The lowest BCUT2D eigenvalue weighted by Crippen LogP contribution is -2.35. The Labute approximate surface area is 167 Å². The van der Waals surface area contributed by atoms with Crippen LogP contribution in [0.5, 0.6) is 0 Å². The van der Waals surface area contributed by atoms with Gasteiger partial charge >= 0.3 is 5.97 Å². The summed E-state index contributed by atoms with van der Waals surface area (Å²) in [7, 11) is 0. The van der Waals surface area contributed by atoms with Crippen molar-refractivity contribution in [3.05, 3.63) is 40.4 Å². The second-order valence-corrected chi connectivity index (χ2v) is 8.43. The number of carbonyl (C=O) groups is 1. The third-order valence-corrected chi connectivity index (χ3v) is 6.18. The number of thioether (sulfide) groups is 1. The monoisotopic (exact) mass is 405 g/mol. The quantitative estimate of drug-likeness (QED) is 0.618. The molecular formula is C19H23N3O3S2. The molecule has 8 heteroatoms. The largest absolute Gasteiger partial charge is 0.454 e. The van der Waals surface area contributed by atoms with Crippen LogP contribution in [0.25, 0.3) is 10.9 Å². The van der Waals surface area contributed by atoms with Gasteiger partial charge in [0.2, 0.25) is 0 Å². The second kappa shape index (κ2) is 8.84. The van der Waals surface area contributed by atoms with Crippen molar-refractivity contribution >= 4 is 45.2 Å². The molecular weight excluding hydrogens is 382 g/mol. The highest BCUT2D eigenvalue weighted by molar-refractivity contribution is 8.23. The zero-order valence-electron chi connectivity index (χ0n) is 15.4. The van der Waals surface area contributed by atoms with Crippen molar-refractivity contribution in [2.75, 3.05) is 18.8 Å². The van der Waals surface area contributed by atoms with Crippen LogP contribution in [0, 0.1) is 5.92 Å². The Kier molecular flexibility index (Phi) is 6.49. The van der Waals surface area contributed by atoms with Gasteiger partial charge < -0.3 is 14.6 Å². The Bertz CT molecular complexity index is 891. The van der Waals surface area contributed by atoms with Crippen LogP contribution < -0.4 is 5.56 Å². The van der Waals surface area contributed by atoms with E-state index < -0.39 is 6.10 Å². The Balaban J connectivity index is 1.55. The highest BCUT2D eigenvalue weighted by Gasteiger charge is 2.20. The van der Waals surface area contributed by atoms with Gasteiger partial charge in [-0.2, -0.15) is 0 Å². The van der Waals surface area contributed by atoms with Gasteiger partial charge in [0, 0.05) is 13.1 Å². The SMILES string of the molecule is CC1CCN(C(=S)SCC(=O)OC(C)c2nc3ccccc3c(=O)[nH]2)CC1. The van der Waals surface area contributed by atoms with E-state index in [4.69, 9.17) is 17.0 Å². The molecule has 0 spiro atoms. The fraction of sp³-hybridized carbons (Fsp3) is 0.474. The minimum absolute atomic E-state index is 0.146. The number of esters is 1. The number of thiocarbonyl (C=S) groups is 1. The molecule has 0 bridgehead atoms. The molecule has 1 aromatic carbocycles. The van der Waals surface area contributed by atoms with Crippen molar-refractivity contribution in [2.45, 2.75) is 32.8 Å². The van der Waals surface area contributed by atoms with Gasteiger partial charge in [-0.05, 0) is 37.8 Å². The molecule has 2 heterocycles. The van der Waals surface area contributed by atoms with E-state index in [-0.39, 0.29) is 17.3 Å². The fourth-order valence-electron chi connectivity index (χ4n) is 2.99. The summed E-state index contributed by atoms with van der Waals surface area (Å²) in [6, 6.07) is 7.07. The summed E-state index contributed by atoms with van der Waals surface area (Å²) in [5.41, 5.74) is 0.336. The first-order valence-corrected chi connectivity index (χ1v) is 10.4. The van der Waals surface area contributed by atoms with Gasteiger partial charge in [0.25, 0.3) is 5.56 Å². The van der Waals surface area contributed by atoms with Gasteiger partial charge in [-0.1, -0.05) is 43.0 Å². The Morgan fingerprint density at radius 1 is 1.41 bits per heavy atom. The summed E-state index contributed by atoms with van der Waals surface area (Å²) in [5.74, 6) is 0.838. The molecule has 0 aliphatic carbocycles. The molecule has 0 saturated carbocycles. The number of hydrogen-bond donors (Lipinski definition) is 1. The number of aromatic nitrogens is 2. The predicted molar refractivity (Wildman–Crippen MR) is 112 cm³/mol. The van der Waals surface area contributed by atoms with Gasteiger partial charge in [0.15, 0.2) is 11.9 Å². The average molecular weight is 406 g/mol. The predicted octanol–water partition coefficient (Wildman–Crippen LogP) is 3.28. The Morgan fingerprint density at radius 3 is 2.85 bits per heavy atom. The fourth-order valence-corrected chi connectivity index (χ4v) is 4.02. The number of nitrogens with one attached hydrogen (secondary N) is 1. The molecule has 0 radical (unpaired) electrons.